The van der Waals surface area contributed by atoms with Crippen molar-refractivity contribution in [3.05, 3.63) is 88.6 Å². The van der Waals surface area contributed by atoms with E-state index in [4.69, 9.17) is 4.74 Å². The number of nitrogens with one attached hydrogen (secondary N) is 1. The van der Waals surface area contributed by atoms with Crippen molar-refractivity contribution in [1.29, 1.82) is 0 Å². The molecular formula is C22H14I3NO4. The first-order chi connectivity index (χ1) is 14.3. The molecule has 0 saturated carbocycles. The summed E-state index contributed by atoms with van der Waals surface area (Å²) in [6.45, 7) is 0. The van der Waals surface area contributed by atoms with Crippen LogP contribution in [0.1, 0.15) is 5.56 Å². The maximum absolute atomic E-state index is 12.5. The van der Waals surface area contributed by atoms with E-state index < -0.39 is 11.9 Å². The summed E-state index contributed by atoms with van der Waals surface area (Å²) >= 11 is 6.50. The lowest BCUT2D eigenvalue weighted by atomic mass is 10.1. The van der Waals surface area contributed by atoms with Crippen molar-refractivity contribution in [3.63, 3.8) is 0 Å². The molecule has 2 N–H and O–H groups in total. The fourth-order valence-electron chi connectivity index (χ4n) is 2.49. The summed E-state index contributed by atoms with van der Waals surface area (Å²) in [5, 5.41) is 12.2. The Kier molecular flexibility index (Phi) is 8.11. The molecule has 3 aromatic carbocycles. The van der Waals surface area contributed by atoms with Crippen LogP contribution in [0.2, 0.25) is 0 Å². The van der Waals surface area contributed by atoms with E-state index in [1.165, 1.54) is 6.08 Å². The zero-order chi connectivity index (χ0) is 21.7. The number of ether oxygens (including phenoxy) is 1. The van der Waals surface area contributed by atoms with Crippen LogP contribution in [0.15, 0.2) is 72.3 Å². The number of carboxylic acids is 1. The van der Waals surface area contributed by atoms with Crippen molar-refractivity contribution in [2.24, 2.45) is 0 Å². The highest BCUT2D eigenvalue weighted by molar-refractivity contribution is 14.1. The molecule has 3 aromatic rings. The number of hydrogen-bond donors (Lipinski definition) is 2. The SMILES string of the molecule is O=C(O)/C(=C/c1ccc(Oc2ccc(I)cc2)cc1)C(=O)Nc1cc(I)cc(I)c1. The van der Waals surface area contributed by atoms with Crippen molar-refractivity contribution in [3.8, 4) is 11.5 Å². The minimum Gasteiger partial charge on any atom is -0.477 e. The van der Waals surface area contributed by atoms with Gasteiger partial charge in [0.2, 0.25) is 0 Å². The zero-order valence-corrected chi connectivity index (χ0v) is 21.7. The molecule has 0 atom stereocenters. The lowest BCUT2D eigenvalue weighted by Gasteiger charge is -2.08. The highest BCUT2D eigenvalue weighted by Crippen LogP contribution is 2.24. The predicted octanol–water partition coefficient (Wildman–Crippen LogP) is 6.40. The monoisotopic (exact) mass is 737 g/mol. The number of halogens is 3. The molecule has 0 aliphatic carbocycles. The number of carbonyl (C=O) groups excluding carboxylic acids is 1. The maximum Gasteiger partial charge on any atom is 0.341 e. The van der Waals surface area contributed by atoms with E-state index in [0.717, 1.165) is 10.7 Å². The van der Waals surface area contributed by atoms with Crippen LogP contribution in [0.4, 0.5) is 5.69 Å². The van der Waals surface area contributed by atoms with Gasteiger partial charge in [-0.25, -0.2) is 4.79 Å². The molecule has 0 spiro atoms. The van der Waals surface area contributed by atoms with Gasteiger partial charge in [-0.1, -0.05) is 12.1 Å². The van der Waals surface area contributed by atoms with Gasteiger partial charge in [-0.3, -0.25) is 4.79 Å². The summed E-state index contributed by atoms with van der Waals surface area (Å²) < 4.78 is 8.77. The molecule has 0 bridgehead atoms. The number of anilines is 1. The summed E-state index contributed by atoms with van der Waals surface area (Å²) in [5.74, 6) is -0.661. The van der Waals surface area contributed by atoms with Crippen LogP contribution in [0.5, 0.6) is 11.5 Å². The van der Waals surface area contributed by atoms with Gasteiger partial charge in [-0.2, -0.15) is 0 Å². The Hall–Kier alpha value is -1.67. The van der Waals surface area contributed by atoms with E-state index in [1.807, 2.05) is 30.3 Å². The number of aliphatic carboxylic acids is 1. The normalized spacial score (nSPS) is 11.1. The van der Waals surface area contributed by atoms with Crippen LogP contribution in [-0.2, 0) is 9.59 Å². The first-order valence-electron chi connectivity index (χ1n) is 8.56. The molecule has 0 unspecified atom stereocenters. The molecule has 1 amide bonds. The van der Waals surface area contributed by atoms with E-state index in [0.29, 0.717) is 22.7 Å². The molecule has 152 valence electrons. The summed E-state index contributed by atoms with van der Waals surface area (Å²) in [4.78, 5) is 24.2. The average Bonchev–Trinajstić information content (AvgIpc) is 2.68. The lowest BCUT2D eigenvalue weighted by molar-refractivity contribution is -0.134. The van der Waals surface area contributed by atoms with Gasteiger partial charge in [0.25, 0.3) is 5.91 Å². The van der Waals surface area contributed by atoms with Gasteiger partial charge in [0.1, 0.15) is 17.1 Å². The zero-order valence-electron chi connectivity index (χ0n) is 15.2. The van der Waals surface area contributed by atoms with Gasteiger partial charge in [0.05, 0.1) is 0 Å². The number of hydrogen-bond acceptors (Lipinski definition) is 3. The molecule has 0 fully saturated rings. The molecule has 30 heavy (non-hydrogen) atoms. The Morgan fingerprint density at radius 2 is 1.33 bits per heavy atom. The molecule has 0 aliphatic heterocycles. The molecule has 0 heterocycles. The van der Waals surface area contributed by atoms with Crippen LogP contribution in [-0.4, -0.2) is 17.0 Å². The highest BCUT2D eigenvalue weighted by atomic mass is 127. The van der Waals surface area contributed by atoms with E-state index >= 15 is 0 Å². The number of carboxylic acid groups (broad SMARTS) is 1. The average molecular weight is 737 g/mol. The van der Waals surface area contributed by atoms with Crippen molar-refractivity contribution in [2.45, 2.75) is 0 Å². The van der Waals surface area contributed by atoms with E-state index in [2.05, 4.69) is 73.1 Å². The minimum atomic E-state index is -1.30. The maximum atomic E-state index is 12.5. The van der Waals surface area contributed by atoms with Crippen LogP contribution in [0.25, 0.3) is 6.08 Å². The molecule has 5 nitrogen and oxygen atoms in total. The van der Waals surface area contributed by atoms with Gasteiger partial charge in [0, 0.05) is 16.4 Å². The van der Waals surface area contributed by atoms with E-state index in [-0.39, 0.29) is 5.57 Å². The third kappa shape index (κ3) is 6.67. The minimum absolute atomic E-state index is 0.352. The first kappa shape index (κ1) is 23.0. The fourth-order valence-corrected chi connectivity index (χ4v) is 4.78. The molecule has 3 rings (SSSR count). The van der Waals surface area contributed by atoms with Crippen molar-refractivity contribution >= 4 is 91.4 Å². The van der Waals surface area contributed by atoms with Gasteiger partial charge in [0.15, 0.2) is 0 Å². The van der Waals surface area contributed by atoms with E-state index in [1.54, 1.807) is 36.4 Å². The fraction of sp³-hybridized carbons (Fsp3) is 0. The summed E-state index contributed by atoms with van der Waals surface area (Å²) in [5.41, 5.74) is 0.773. The van der Waals surface area contributed by atoms with Crippen LogP contribution >= 0.6 is 67.8 Å². The third-order valence-electron chi connectivity index (χ3n) is 3.84. The van der Waals surface area contributed by atoms with Gasteiger partial charge in [-0.05, 0) is 134 Å². The van der Waals surface area contributed by atoms with Crippen LogP contribution in [0, 0.1) is 10.7 Å². The topological polar surface area (TPSA) is 75.6 Å². The largest absolute Gasteiger partial charge is 0.477 e. The molecular weight excluding hydrogens is 723 g/mol. The standard InChI is InChI=1S/C22H14I3NO4/c23-14-3-7-19(8-4-14)30-18-5-1-13(2-6-18)9-20(22(28)29)21(27)26-17-11-15(24)10-16(25)12-17/h1-12H,(H,26,27)(H,28,29)/b20-9+. The number of carbonyl (C=O) groups is 2. The predicted molar refractivity (Wildman–Crippen MR) is 142 cm³/mol. The summed E-state index contributed by atoms with van der Waals surface area (Å²) in [6.07, 6.45) is 1.34. The van der Waals surface area contributed by atoms with Gasteiger partial charge < -0.3 is 15.2 Å². The summed E-state index contributed by atoms with van der Waals surface area (Å²) in [7, 11) is 0. The Morgan fingerprint density at radius 3 is 1.87 bits per heavy atom. The molecule has 0 aromatic heterocycles. The van der Waals surface area contributed by atoms with Gasteiger partial charge >= 0.3 is 5.97 Å². The second kappa shape index (κ2) is 10.6. The Balaban J connectivity index is 1.76. The second-order valence-electron chi connectivity index (χ2n) is 6.10. The Morgan fingerprint density at radius 1 is 0.800 bits per heavy atom. The molecule has 0 aliphatic rings. The smallest absolute Gasteiger partial charge is 0.341 e. The molecule has 0 saturated heterocycles. The summed E-state index contributed by atoms with van der Waals surface area (Å²) in [6, 6.07) is 20.0. The quantitative estimate of drug-likeness (QED) is 0.133. The van der Waals surface area contributed by atoms with Crippen LogP contribution in [0.3, 0.4) is 0 Å². The Labute approximate surface area is 214 Å². The van der Waals surface area contributed by atoms with Crippen LogP contribution < -0.4 is 10.1 Å². The number of rotatable bonds is 6. The third-order valence-corrected chi connectivity index (χ3v) is 5.80. The highest BCUT2D eigenvalue weighted by Gasteiger charge is 2.18. The van der Waals surface area contributed by atoms with E-state index in [9.17, 15) is 14.7 Å². The van der Waals surface area contributed by atoms with Crippen molar-refractivity contribution < 1.29 is 19.4 Å². The molecule has 8 heteroatoms. The lowest BCUT2D eigenvalue weighted by Crippen LogP contribution is -2.20. The Bertz CT molecular complexity index is 1090. The number of amides is 1. The van der Waals surface area contributed by atoms with Gasteiger partial charge in [-0.15, -0.1) is 0 Å². The van der Waals surface area contributed by atoms with Crippen molar-refractivity contribution in [2.75, 3.05) is 5.32 Å². The van der Waals surface area contributed by atoms with Crippen molar-refractivity contribution in [1.82, 2.24) is 0 Å². The molecule has 0 radical (unpaired) electrons. The number of benzene rings is 3. The first-order valence-corrected chi connectivity index (χ1v) is 11.8. The second-order valence-corrected chi connectivity index (χ2v) is 9.84.